The van der Waals surface area contributed by atoms with Crippen LogP contribution in [0.4, 0.5) is 0 Å². The van der Waals surface area contributed by atoms with Gasteiger partial charge in [-0.1, -0.05) is 42.0 Å². The van der Waals surface area contributed by atoms with Gasteiger partial charge in [-0.05, 0) is 30.2 Å². The summed E-state index contributed by atoms with van der Waals surface area (Å²) in [4.78, 5) is 0. The van der Waals surface area contributed by atoms with E-state index >= 15 is 0 Å². The molecule has 0 heterocycles. The SMILES string of the molecule is C=CCNCc1ccc(OCc2ccc(C)cc2)c(OC)c1.Cl. The summed E-state index contributed by atoms with van der Waals surface area (Å²) in [6.07, 6.45) is 1.84. The molecule has 0 aliphatic heterocycles. The predicted octanol–water partition coefficient (Wildman–Crippen LogP) is 4.28. The summed E-state index contributed by atoms with van der Waals surface area (Å²) in [7, 11) is 1.66. The lowest BCUT2D eigenvalue weighted by Crippen LogP contribution is -2.12. The molecular weight excluding hydrogens is 310 g/mol. The highest BCUT2D eigenvalue weighted by molar-refractivity contribution is 5.85. The minimum atomic E-state index is 0. The molecule has 2 aromatic rings. The first-order valence-corrected chi connectivity index (χ1v) is 7.40. The second-order valence-corrected chi connectivity index (χ2v) is 5.18. The van der Waals surface area contributed by atoms with Crippen molar-refractivity contribution in [1.29, 1.82) is 0 Å². The topological polar surface area (TPSA) is 30.5 Å². The van der Waals surface area contributed by atoms with E-state index in [-0.39, 0.29) is 12.4 Å². The molecule has 0 amide bonds. The number of methoxy groups -OCH3 is 1. The fraction of sp³-hybridized carbons (Fsp3) is 0.263. The van der Waals surface area contributed by atoms with Crippen LogP contribution in [0.5, 0.6) is 11.5 Å². The molecule has 2 aromatic carbocycles. The molecule has 0 aliphatic carbocycles. The van der Waals surface area contributed by atoms with Crippen LogP contribution in [0.3, 0.4) is 0 Å². The first-order chi connectivity index (χ1) is 10.7. The fourth-order valence-electron chi connectivity index (χ4n) is 2.11. The minimum absolute atomic E-state index is 0. The van der Waals surface area contributed by atoms with E-state index < -0.39 is 0 Å². The van der Waals surface area contributed by atoms with Gasteiger partial charge in [0, 0.05) is 13.1 Å². The van der Waals surface area contributed by atoms with E-state index in [0.29, 0.717) is 6.61 Å². The van der Waals surface area contributed by atoms with Crippen molar-refractivity contribution in [3.63, 3.8) is 0 Å². The van der Waals surface area contributed by atoms with Gasteiger partial charge in [-0.2, -0.15) is 0 Å². The van der Waals surface area contributed by atoms with Crippen LogP contribution in [0.15, 0.2) is 55.1 Å². The molecule has 0 spiro atoms. The maximum Gasteiger partial charge on any atom is 0.161 e. The molecule has 0 fully saturated rings. The second kappa shape index (κ2) is 9.93. The molecule has 0 aliphatic rings. The van der Waals surface area contributed by atoms with Crippen LogP contribution in [0.25, 0.3) is 0 Å². The molecule has 1 N–H and O–H groups in total. The summed E-state index contributed by atoms with van der Waals surface area (Å²) >= 11 is 0. The Morgan fingerprint density at radius 2 is 1.74 bits per heavy atom. The van der Waals surface area contributed by atoms with Crippen LogP contribution in [-0.4, -0.2) is 13.7 Å². The quantitative estimate of drug-likeness (QED) is 0.577. The number of rotatable bonds is 8. The van der Waals surface area contributed by atoms with Gasteiger partial charge < -0.3 is 14.8 Å². The number of benzene rings is 2. The Hall–Kier alpha value is -1.97. The largest absolute Gasteiger partial charge is 0.493 e. The fourth-order valence-corrected chi connectivity index (χ4v) is 2.11. The monoisotopic (exact) mass is 333 g/mol. The van der Waals surface area contributed by atoms with E-state index in [0.717, 1.165) is 35.7 Å². The molecule has 0 unspecified atom stereocenters. The molecule has 0 bridgehead atoms. The zero-order valence-corrected chi connectivity index (χ0v) is 14.5. The molecule has 0 atom stereocenters. The van der Waals surface area contributed by atoms with Crippen LogP contribution in [-0.2, 0) is 13.2 Å². The number of hydrogen-bond donors (Lipinski definition) is 1. The van der Waals surface area contributed by atoms with Gasteiger partial charge in [0.05, 0.1) is 7.11 Å². The van der Waals surface area contributed by atoms with E-state index in [1.165, 1.54) is 5.56 Å². The van der Waals surface area contributed by atoms with Gasteiger partial charge in [0.2, 0.25) is 0 Å². The first-order valence-electron chi connectivity index (χ1n) is 7.40. The standard InChI is InChI=1S/C19H23NO2.ClH/c1-4-11-20-13-17-9-10-18(19(12-17)21-3)22-14-16-7-5-15(2)6-8-16;/h4-10,12,20H,1,11,13-14H2,2-3H3;1H. The van der Waals surface area contributed by atoms with Crippen LogP contribution in [0, 0.1) is 6.92 Å². The minimum Gasteiger partial charge on any atom is -0.493 e. The Morgan fingerprint density at radius 3 is 2.39 bits per heavy atom. The summed E-state index contributed by atoms with van der Waals surface area (Å²) in [6, 6.07) is 14.3. The Balaban J connectivity index is 0.00000264. The lowest BCUT2D eigenvalue weighted by Gasteiger charge is -2.12. The van der Waals surface area contributed by atoms with Gasteiger partial charge >= 0.3 is 0 Å². The van der Waals surface area contributed by atoms with Crippen molar-refractivity contribution >= 4 is 12.4 Å². The highest BCUT2D eigenvalue weighted by Crippen LogP contribution is 2.28. The zero-order valence-electron chi connectivity index (χ0n) is 13.7. The smallest absolute Gasteiger partial charge is 0.161 e. The molecule has 0 radical (unpaired) electrons. The molecule has 3 nitrogen and oxygen atoms in total. The average Bonchev–Trinajstić information content (AvgIpc) is 2.55. The van der Waals surface area contributed by atoms with E-state index in [1.807, 2.05) is 24.3 Å². The third-order valence-electron chi connectivity index (χ3n) is 3.36. The van der Waals surface area contributed by atoms with Gasteiger partial charge in [0.15, 0.2) is 11.5 Å². The van der Waals surface area contributed by atoms with Gasteiger partial charge in [0.25, 0.3) is 0 Å². The van der Waals surface area contributed by atoms with Gasteiger partial charge in [-0.15, -0.1) is 19.0 Å². The lowest BCUT2D eigenvalue weighted by molar-refractivity contribution is 0.284. The Kier molecular flexibility index (Phi) is 8.23. The van der Waals surface area contributed by atoms with Crippen molar-refractivity contribution in [3.8, 4) is 11.5 Å². The lowest BCUT2D eigenvalue weighted by atomic mass is 10.1. The average molecular weight is 334 g/mol. The molecule has 23 heavy (non-hydrogen) atoms. The van der Waals surface area contributed by atoms with Crippen molar-refractivity contribution in [1.82, 2.24) is 5.32 Å². The normalized spacial score (nSPS) is 9.83. The summed E-state index contributed by atoms with van der Waals surface area (Å²) < 4.78 is 11.3. The highest BCUT2D eigenvalue weighted by atomic mass is 35.5. The van der Waals surface area contributed by atoms with Crippen molar-refractivity contribution in [3.05, 3.63) is 71.8 Å². The van der Waals surface area contributed by atoms with Gasteiger partial charge in [0.1, 0.15) is 6.61 Å². The summed E-state index contributed by atoms with van der Waals surface area (Å²) in [5.74, 6) is 1.51. The zero-order chi connectivity index (χ0) is 15.8. The van der Waals surface area contributed by atoms with Crippen LogP contribution < -0.4 is 14.8 Å². The summed E-state index contributed by atoms with van der Waals surface area (Å²) in [5, 5.41) is 3.27. The Morgan fingerprint density at radius 1 is 1.04 bits per heavy atom. The molecule has 124 valence electrons. The molecule has 2 rings (SSSR count). The maximum absolute atomic E-state index is 5.87. The van der Waals surface area contributed by atoms with E-state index in [2.05, 4.69) is 43.1 Å². The second-order valence-electron chi connectivity index (χ2n) is 5.18. The Labute approximate surface area is 144 Å². The Bertz CT molecular complexity index is 611. The molecular formula is C19H24ClNO2. The third kappa shape index (κ3) is 5.97. The maximum atomic E-state index is 5.87. The molecule has 0 saturated carbocycles. The van der Waals surface area contributed by atoms with Gasteiger partial charge in [-0.3, -0.25) is 0 Å². The van der Waals surface area contributed by atoms with E-state index in [1.54, 1.807) is 7.11 Å². The van der Waals surface area contributed by atoms with Crippen LogP contribution >= 0.6 is 12.4 Å². The predicted molar refractivity (Wildman–Crippen MR) is 97.7 cm³/mol. The van der Waals surface area contributed by atoms with E-state index in [9.17, 15) is 0 Å². The highest BCUT2D eigenvalue weighted by Gasteiger charge is 2.06. The molecule has 0 saturated heterocycles. The molecule has 0 aromatic heterocycles. The number of hydrogen-bond acceptors (Lipinski definition) is 3. The summed E-state index contributed by atoms with van der Waals surface area (Å²) in [5.41, 5.74) is 3.54. The van der Waals surface area contributed by atoms with Crippen molar-refractivity contribution < 1.29 is 9.47 Å². The number of nitrogens with one attached hydrogen (secondary N) is 1. The third-order valence-corrected chi connectivity index (χ3v) is 3.36. The van der Waals surface area contributed by atoms with Crippen LogP contribution in [0.1, 0.15) is 16.7 Å². The van der Waals surface area contributed by atoms with Crippen molar-refractivity contribution in [2.75, 3.05) is 13.7 Å². The molecule has 4 heteroatoms. The number of ether oxygens (including phenoxy) is 2. The van der Waals surface area contributed by atoms with E-state index in [4.69, 9.17) is 9.47 Å². The van der Waals surface area contributed by atoms with Crippen molar-refractivity contribution in [2.45, 2.75) is 20.1 Å². The van der Waals surface area contributed by atoms with Gasteiger partial charge in [-0.25, -0.2) is 0 Å². The number of aryl methyl sites for hydroxylation is 1. The summed E-state index contributed by atoms with van der Waals surface area (Å²) in [6.45, 7) is 7.86. The number of halogens is 1. The van der Waals surface area contributed by atoms with Crippen molar-refractivity contribution in [2.24, 2.45) is 0 Å². The first kappa shape index (κ1) is 19.1. The van der Waals surface area contributed by atoms with Crippen LogP contribution in [0.2, 0.25) is 0 Å².